The van der Waals surface area contributed by atoms with Crippen LogP contribution in [-0.2, 0) is 4.79 Å². The summed E-state index contributed by atoms with van der Waals surface area (Å²) in [5.41, 5.74) is 1.76. The van der Waals surface area contributed by atoms with Gasteiger partial charge in [0.05, 0.1) is 0 Å². The number of rotatable bonds is 1. The van der Waals surface area contributed by atoms with Crippen molar-refractivity contribution < 1.29 is 4.79 Å². The van der Waals surface area contributed by atoms with Crippen molar-refractivity contribution in [1.29, 1.82) is 0 Å². The summed E-state index contributed by atoms with van der Waals surface area (Å²) in [5, 5.41) is 0. The van der Waals surface area contributed by atoms with Gasteiger partial charge in [-0.1, -0.05) is 32.1 Å². The molecule has 0 radical (unpaired) electrons. The standard InChI is InChI=1S/C12H18O/c1-8(2)10-7-6-9(3)11(13)12(10,4)5/h6,10H,1,7H2,2-5H3/t10-/m0/s1. The first kappa shape index (κ1) is 10.2. The molecule has 0 saturated carbocycles. The zero-order valence-corrected chi connectivity index (χ0v) is 8.98. The second kappa shape index (κ2) is 3.13. The number of ketones is 1. The van der Waals surface area contributed by atoms with E-state index in [0.717, 1.165) is 17.6 Å². The Morgan fingerprint density at radius 2 is 2.15 bits per heavy atom. The number of hydrogen-bond donors (Lipinski definition) is 0. The Balaban J connectivity index is 3.07. The van der Waals surface area contributed by atoms with Gasteiger partial charge in [-0.25, -0.2) is 0 Å². The van der Waals surface area contributed by atoms with Gasteiger partial charge in [0, 0.05) is 5.41 Å². The summed E-state index contributed by atoms with van der Waals surface area (Å²) in [6, 6.07) is 0. The third-order valence-corrected chi connectivity index (χ3v) is 3.07. The molecule has 1 nitrogen and oxygen atoms in total. The number of carbonyl (C=O) groups excluding carboxylic acids is 1. The number of carbonyl (C=O) groups is 1. The monoisotopic (exact) mass is 178 g/mol. The van der Waals surface area contributed by atoms with Gasteiger partial charge in [0.15, 0.2) is 5.78 Å². The lowest BCUT2D eigenvalue weighted by Gasteiger charge is -2.36. The average molecular weight is 178 g/mol. The molecular formula is C12H18O. The fourth-order valence-electron chi connectivity index (χ4n) is 2.17. The first-order valence-corrected chi connectivity index (χ1v) is 4.74. The molecule has 0 bridgehead atoms. The molecule has 1 aliphatic rings. The second-order valence-corrected chi connectivity index (χ2v) is 4.57. The summed E-state index contributed by atoms with van der Waals surface area (Å²) < 4.78 is 0. The van der Waals surface area contributed by atoms with Crippen molar-refractivity contribution in [3.8, 4) is 0 Å². The van der Waals surface area contributed by atoms with E-state index in [1.54, 1.807) is 0 Å². The predicted molar refractivity (Wildman–Crippen MR) is 55.5 cm³/mol. The minimum Gasteiger partial charge on any atom is -0.294 e. The maximum absolute atomic E-state index is 11.9. The third kappa shape index (κ3) is 1.60. The molecule has 0 fully saturated rings. The summed E-state index contributed by atoms with van der Waals surface area (Å²) in [5.74, 6) is 0.579. The van der Waals surface area contributed by atoms with Crippen LogP contribution in [0.1, 0.15) is 34.1 Å². The summed E-state index contributed by atoms with van der Waals surface area (Å²) in [6.07, 6.45) is 2.99. The molecule has 1 atom stereocenters. The van der Waals surface area contributed by atoms with Crippen LogP contribution in [0.2, 0.25) is 0 Å². The van der Waals surface area contributed by atoms with Gasteiger partial charge in [-0.3, -0.25) is 4.79 Å². The van der Waals surface area contributed by atoms with Crippen LogP contribution in [0.25, 0.3) is 0 Å². The third-order valence-electron chi connectivity index (χ3n) is 3.07. The van der Waals surface area contributed by atoms with Gasteiger partial charge < -0.3 is 0 Å². The zero-order valence-electron chi connectivity index (χ0n) is 8.98. The van der Waals surface area contributed by atoms with Crippen LogP contribution in [0, 0.1) is 11.3 Å². The molecule has 0 unspecified atom stereocenters. The molecule has 0 N–H and O–H groups in total. The molecular weight excluding hydrogens is 160 g/mol. The van der Waals surface area contributed by atoms with Crippen LogP contribution in [0.5, 0.6) is 0 Å². The van der Waals surface area contributed by atoms with E-state index >= 15 is 0 Å². The maximum Gasteiger partial charge on any atom is 0.164 e. The van der Waals surface area contributed by atoms with Crippen LogP contribution in [0.15, 0.2) is 23.8 Å². The van der Waals surface area contributed by atoms with Crippen LogP contribution >= 0.6 is 0 Å². The van der Waals surface area contributed by atoms with Crippen LogP contribution in [-0.4, -0.2) is 5.78 Å². The fraction of sp³-hybridized carbons (Fsp3) is 0.583. The SMILES string of the molecule is C=C(C)[C@@H]1CC=C(C)C(=O)C1(C)C. The highest BCUT2D eigenvalue weighted by atomic mass is 16.1. The Kier molecular flexibility index (Phi) is 2.47. The molecule has 0 aliphatic heterocycles. The molecule has 13 heavy (non-hydrogen) atoms. The summed E-state index contributed by atoms with van der Waals surface area (Å²) >= 11 is 0. The average Bonchev–Trinajstić information content (AvgIpc) is 1.99. The molecule has 0 aromatic heterocycles. The van der Waals surface area contributed by atoms with Crippen molar-refractivity contribution in [3.05, 3.63) is 23.8 Å². The molecule has 0 amide bonds. The van der Waals surface area contributed by atoms with Crippen LogP contribution in [0.4, 0.5) is 0 Å². The molecule has 1 rings (SSSR count). The van der Waals surface area contributed by atoms with E-state index in [1.807, 2.05) is 33.8 Å². The topological polar surface area (TPSA) is 17.1 Å². The highest BCUT2D eigenvalue weighted by molar-refractivity contribution is 6.00. The van der Waals surface area contributed by atoms with Gasteiger partial charge in [0.25, 0.3) is 0 Å². The van der Waals surface area contributed by atoms with Crippen molar-refractivity contribution in [2.24, 2.45) is 11.3 Å². The summed E-state index contributed by atoms with van der Waals surface area (Å²) in [7, 11) is 0. The highest BCUT2D eigenvalue weighted by Gasteiger charge is 2.39. The van der Waals surface area contributed by atoms with E-state index in [9.17, 15) is 4.79 Å². The molecule has 72 valence electrons. The molecule has 0 saturated heterocycles. The van der Waals surface area contributed by atoms with Gasteiger partial charge in [-0.05, 0) is 31.8 Å². The lowest BCUT2D eigenvalue weighted by atomic mass is 9.66. The minimum absolute atomic E-state index is 0.259. The molecule has 0 heterocycles. The first-order chi connectivity index (χ1) is 5.87. The van der Waals surface area contributed by atoms with Gasteiger partial charge in [0.1, 0.15) is 0 Å². The van der Waals surface area contributed by atoms with E-state index in [-0.39, 0.29) is 11.2 Å². The fourth-order valence-corrected chi connectivity index (χ4v) is 2.17. The van der Waals surface area contributed by atoms with Crippen LogP contribution in [0.3, 0.4) is 0 Å². The maximum atomic E-state index is 11.9. The first-order valence-electron chi connectivity index (χ1n) is 4.74. The molecule has 0 aromatic carbocycles. The second-order valence-electron chi connectivity index (χ2n) is 4.57. The Hall–Kier alpha value is -0.850. The van der Waals surface area contributed by atoms with Crippen molar-refractivity contribution in [3.63, 3.8) is 0 Å². The Labute approximate surface area is 80.5 Å². The van der Waals surface area contributed by atoms with E-state index in [1.165, 1.54) is 0 Å². The number of Topliss-reactive ketones (excluding diaryl/α,β-unsaturated/α-hetero) is 1. The molecule has 1 aliphatic carbocycles. The smallest absolute Gasteiger partial charge is 0.164 e. The van der Waals surface area contributed by atoms with E-state index < -0.39 is 0 Å². The Morgan fingerprint density at radius 3 is 2.62 bits per heavy atom. The predicted octanol–water partition coefficient (Wildman–Crippen LogP) is 3.12. The van der Waals surface area contributed by atoms with Crippen molar-refractivity contribution in [2.75, 3.05) is 0 Å². The number of hydrogen-bond acceptors (Lipinski definition) is 1. The minimum atomic E-state index is -0.259. The molecule has 1 heteroatoms. The Morgan fingerprint density at radius 1 is 1.62 bits per heavy atom. The largest absolute Gasteiger partial charge is 0.294 e. The lowest BCUT2D eigenvalue weighted by Crippen LogP contribution is -2.36. The van der Waals surface area contributed by atoms with Gasteiger partial charge in [-0.15, -0.1) is 0 Å². The Bertz CT molecular complexity index is 281. The van der Waals surface area contributed by atoms with E-state index in [0.29, 0.717) is 5.92 Å². The molecule has 0 aromatic rings. The van der Waals surface area contributed by atoms with Crippen LogP contribution < -0.4 is 0 Å². The van der Waals surface area contributed by atoms with Gasteiger partial charge in [0.2, 0.25) is 0 Å². The van der Waals surface area contributed by atoms with Gasteiger partial charge >= 0.3 is 0 Å². The van der Waals surface area contributed by atoms with Gasteiger partial charge in [-0.2, -0.15) is 0 Å². The van der Waals surface area contributed by atoms with Crippen molar-refractivity contribution >= 4 is 5.78 Å². The van der Waals surface area contributed by atoms with Crippen molar-refractivity contribution in [2.45, 2.75) is 34.1 Å². The lowest BCUT2D eigenvalue weighted by molar-refractivity contribution is -0.125. The van der Waals surface area contributed by atoms with Crippen molar-refractivity contribution in [1.82, 2.24) is 0 Å². The highest BCUT2D eigenvalue weighted by Crippen LogP contribution is 2.40. The van der Waals surface area contributed by atoms with E-state index in [4.69, 9.17) is 0 Å². The van der Waals surface area contributed by atoms with E-state index in [2.05, 4.69) is 6.58 Å². The quantitative estimate of drug-likeness (QED) is 0.564. The zero-order chi connectivity index (χ0) is 10.2. The summed E-state index contributed by atoms with van der Waals surface area (Å²) in [6.45, 7) is 11.9. The summed E-state index contributed by atoms with van der Waals surface area (Å²) in [4.78, 5) is 11.9. The number of allylic oxidation sites excluding steroid dienone is 3. The normalized spacial score (nSPS) is 26.9. The molecule has 0 spiro atoms.